The SMILES string of the molecule is COc1cc2cc(c1Cl)N(C)C(=O)C[C@@]1(OC(=O)[C@H](C)N(C)C(=O)CCSSC[C@H](NC(=O)[C@@H]3CSSC[C@H](NC(=O)[C@H](N)Cc4ccccc4)C(=O)N[C@@H](Cc4ccc(O)cc4)C(=O)N[C@H](Cc4c[nH]c5ccccc45)C(=O)N[C@@H](CCCCNC(=O)NCCCCCCN)C(=O)N[C@@H]([C@@H](C)O)C(=O)N3)C(N)=O)C3[C@H](OC(=O)N[C@@]3(O)[C@H](OC)/C=C/C=C(\C)C2)[C@@H](C)[C@@H]2O[C@]21C. The second-order valence-electron chi connectivity index (χ2n) is 33.8. The number of phenolic OH excluding ortho intramolecular Hbond substituents is 1. The van der Waals surface area contributed by atoms with Crippen LogP contribution >= 0.6 is 54.8 Å². The molecule has 2 bridgehead atoms. The van der Waals surface area contributed by atoms with Crippen LogP contribution < -0.4 is 80.0 Å². The lowest BCUT2D eigenvalue weighted by Crippen LogP contribution is -2.79. The topological polar surface area (TPSA) is 553 Å². The molecular weight excluding hydrogens is 1800 g/mol. The molecule has 5 aliphatic rings. The number of epoxide rings is 1. The van der Waals surface area contributed by atoms with Gasteiger partial charge in [0.2, 0.25) is 59.1 Å². The maximum atomic E-state index is 15.3. The molecule has 3 saturated heterocycles. The van der Waals surface area contributed by atoms with Crippen LogP contribution in [0.15, 0.2) is 121 Å². The number of rotatable bonds is 34. The molecule has 1 aliphatic carbocycles. The van der Waals surface area contributed by atoms with Crippen molar-refractivity contribution < 1.29 is 101 Å². The van der Waals surface area contributed by atoms with E-state index in [1.54, 1.807) is 98.9 Å². The number of anilines is 1. The number of para-hydroxylation sites is 1. The first kappa shape index (κ1) is 104. The summed E-state index contributed by atoms with van der Waals surface area (Å²) in [5, 5.41) is 62.9. The van der Waals surface area contributed by atoms with Crippen molar-refractivity contribution in [1.29, 1.82) is 0 Å². The molecule has 5 heterocycles. The molecule has 0 spiro atoms. The number of ether oxygens (including phenoxy) is 5. The number of urea groups is 1. The Kier molecular flexibility index (Phi) is 37.8. The number of allylic oxidation sites excluding steroid dienone is 3. The van der Waals surface area contributed by atoms with E-state index in [-0.39, 0.29) is 91.0 Å². The van der Waals surface area contributed by atoms with Gasteiger partial charge in [-0.3, -0.25) is 53.3 Å². The third kappa shape index (κ3) is 26.6. The number of primary amides is 1. The van der Waals surface area contributed by atoms with Gasteiger partial charge in [-0.25, -0.2) is 14.4 Å². The highest BCUT2D eigenvalue weighted by Crippen LogP contribution is 2.65. The second kappa shape index (κ2) is 48.0. The summed E-state index contributed by atoms with van der Waals surface area (Å²) < 4.78 is 30.9. The first-order valence-corrected chi connectivity index (χ1v) is 49.1. The number of alkyl carbamates (subject to hydrolysis) is 1. The number of H-pyrrole nitrogens is 1. The molecule has 37 nitrogen and oxygen atoms in total. The largest absolute Gasteiger partial charge is 0.508 e. The number of hydrogen-bond donors (Lipinski definition) is 17. The Bertz CT molecular complexity index is 5010. The Morgan fingerprint density at radius 2 is 1.46 bits per heavy atom. The van der Waals surface area contributed by atoms with Crippen molar-refractivity contribution >= 4 is 149 Å². The van der Waals surface area contributed by atoms with Crippen LogP contribution in [0, 0.1) is 11.8 Å². The van der Waals surface area contributed by atoms with Gasteiger partial charge in [-0.1, -0.05) is 159 Å². The molecule has 5 aromatic rings. The third-order valence-corrected chi connectivity index (χ3v) is 29.5. The lowest BCUT2D eigenvalue weighted by Gasteiger charge is -2.58. The Hall–Kier alpha value is -10.3. The number of likely N-dealkylation sites (N-methyl/N-ethyl adjacent to an activating group) is 1. The lowest BCUT2D eigenvalue weighted by molar-refractivity contribution is -0.265. The van der Waals surface area contributed by atoms with Crippen molar-refractivity contribution in [3.8, 4) is 11.5 Å². The number of carbonyl (C=O) groups is 13. The van der Waals surface area contributed by atoms with Gasteiger partial charge in [0.25, 0.3) is 0 Å². The van der Waals surface area contributed by atoms with Gasteiger partial charge in [0.05, 0.1) is 43.4 Å². The van der Waals surface area contributed by atoms with E-state index < -0.39 is 197 Å². The Labute approximate surface area is 786 Å². The Morgan fingerprint density at radius 1 is 0.803 bits per heavy atom. The highest BCUT2D eigenvalue weighted by atomic mass is 35.5. The van der Waals surface area contributed by atoms with Gasteiger partial charge in [0.1, 0.15) is 82.7 Å². The second-order valence-corrected chi connectivity index (χ2v) is 39.4. The molecule has 718 valence electrons. The van der Waals surface area contributed by atoms with Crippen LogP contribution in [0.2, 0.25) is 5.02 Å². The number of halogens is 1. The van der Waals surface area contributed by atoms with Crippen LogP contribution in [-0.2, 0) is 97.4 Å². The highest BCUT2D eigenvalue weighted by molar-refractivity contribution is 8.77. The first-order valence-electron chi connectivity index (χ1n) is 43.7. The van der Waals surface area contributed by atoms with Gasteiger partial charge in [0.15, 0.2) is 11.3 Å². The minimum Gasteiger partial charge on any atom is -0.508 e. The van der Waals surface area contributed by atoms with Crippen LogP contribution in [0.25, 0.3) is 10.9 Å². The number of aliphatic hydroxyl groups is 2. The molecule has 4 fully saturated rings. The maximum absolute atomic E-state index is 15.3. The number of esters is 1. The summed E-state index contributed by atoms with van der Waals surface area (Å²) in [6, 6.07) is 10.9. The fourth-order valence-corrected chi connectivity index (χ4v) is 21.5. The summed E-state index contributed by atoms with van der Waals surface area (Å²) in [5.41, 5.74) is 16.0. The smallest absolute Gasteiger partial charge is 0.409 e. The number of hydrogen-bond acceptors (Lipinski definition) is 27. The number of nitrogens with zero attached hydrogens (tertiary/aromatic N) is 2. The number of methoxy groups -OCH3 is 2. The number of aromatic hydroxyl groups is 1. The summed E-state index contributed by atoms with van der Waals surface area (Å²) in [6.45, 7) is 8.91. The molecule has 0 radical (unpaired) electrons. The monoisotopic (exact) mass is 1920 g/mol. The van der Waals surface area contributed by atoms with Crippen molar-refractivity contribution in [1.82, 2.24) is 63.1 Å². The zero-order chi connectivity index (χ0) is 95.9. The van der Waals surface area contributed by atoms with E-state index in [4.69, 9.17) is 52.5 Å². The van der Waals surface area contributed by atoms with Gasteiger partial charge in [-0.2, -0.15) is 0 Å². The molecule has 18 atom stereocenters. The zero-order valence-electron chi connectivity index (χ0n) is 75.1. The number of phenols is 1. The molecule has 20 N–H and O–H groups in total. The van der Waals surface area contributed by atoms with Crippen molar-refractivity contribution in [2.24, 2.45) is 29.0 Å². The fourth-order valence-electron chi connectivity index (χ4n) is 16.7. The predicted molar refractivity (Wildman–Crippen MR) is 502 cm³/mol. The van der Waals surface area contributed by atoms with Crippen LogP contribution in [0.4, 0.5) is 15.3 Å². The number of amides is 13. The summed E-state index contributed by atoms with van der Waals surface area (Å²) in [5.74, 6) is -13.1. The molecule has 1 saturated carbocycles. The molecule has 10 rings (SSSR count). The number of benzene rings is 4. The van der Waals surface area contributed by atoms with Crippen LogP contribution in [0.5, 0.6) is 11.5 Å². The van der Waals surface area contributed by atoms with Crippen molar-refractivity contribution in [3.63, 3.8) is 0 Å². The zero-order valence-corrected chi connectivity index (χ0v) is 79.1. The molecular formula is C90H121ClN16O21S4. The molecule has 1 aromatic heterocycles. The van der Waals surface area contributed by atoms with Gasteiger partial charge in [-0.05, 0) is 132 Å². The van der Waals surface area contributed by atoms with Crippen molar-refractivity contribution in [2.45, 2.75) is 214 Å². The fraction of sp³-hybridized carbons (Fsp3) is 0.522. The summed E-state index contributed by atoms with van der Waals surface area (Å²) in [7, 11) is 9.48. The average Bonchev–Trinajstić information content (AvgIpc) is 1.49. The number of unbranched alkanes of at least 4 members (excludes halogenated alkanes) is 4. The molecule has 4 aromatic carbocycles. The Morgan fingerprint density at radius 3 is 2.15 bits per heavy atom. The summed E-state index contributed by atoms with van der Waals surface area (Å²) >= 11 is 6.97. The van der Waals surface area contributed by atoms with Crippen molar-refractivity contribution in [2.75, 3.05) is 75.9 Å². The molecule has 4 aliphatic heterocycles. The summed E-state index contributed by atoms with van der Waals surface area (Å²) in [6.07, 6.45) is 2.88. The maximum Gasteiger partial charge on any atom is 0.409 e. The minimum atomic E-state index is -2.49. The molecule has 1 unspecified atom stereocenters. The average molecular weight is 1930 g/mol. The summed E-state index contributed by atoms with van der Waals surface area (Å²) in [4.78, 5) is 195. The Balaban J connectivity index is 0.883. The van der Waals surface area contributed by atoms with Gasteiger partial charge in [0, 0.05) is 99.6 Å². The van der Waals surface area contributed by atoms with Gasteiger partial charge in [-0.15, -0.1) is 0 Å². The van der Waals surface area contributed by atoms with Crippen molar-refractivity contribution in [3.05, 3.63) is 148 Å². The van der Waals surface area contributed by atoms with E-state index in [0.717, 1.165) is 79.3 Å². The van der Waals surface area contributed by atoms with E-state index >= 15 is 28.8 Å². The number of aromatic amines is 1. The van der Waals surface area contributed by atoms with E-state index in [2.05, 4.69) is 58.2 Å². The highest BCUT2D eigenvalue weighted by Gasteiger charge is 2.83. The van der Waals surface area contributed by atoms with E-state index in [1.165, 1.54) is 77.4 Å². The third-order valence-electron chi connectivity index (χ3n) is 24.3. The van der Waals surface area contributed by atoms with Gasteiger partial charge < -0.3 is 119 Å². The lowest BCUT2D eigenvalue weighted by atomic mass is 9.57. The van der Waals surface area contributed by atoms with Crippen LogP contribution in [0.1, 0.15) is 115 Å². The van der Waals surface area contributed by atoms with Crippen LogP contribution in [0.3, 0.4) is 0 Å². The van der Waals surface area contributed by atoms with E-state index in [0.29, 0.717) is 52.7 Å². The number of carbonyl (C=O) groups excluding carboxylic acids is 13. The number of nitrogens with one attached hydrogen (secondary N) is 11. The molecule has 13 amide bonds. The van der Waals surface area contributed by atoms with Gasteiger partial charge >= 0.3 is 18.1 Å². The minimum absolute atomic E-state index is 0.0147. The normalized spacial score (nSPS) is 26.6. The van der Waals surface area contributed by atoms with E-state index in [9.17, 15) is 48.9 Å². The number of fused-ring (bicyclic) bond motifs is 5. The first-order chi connectivity index (χ1) is 62.9. The standard InChI is InChI=1S/C90H121ClN16O21S4/c1-49-22-21-28-69(125-9)90(123)75-74(126-87(122)105-90)50(2)76-88(5,127-76)89(75,44-71(111)107(7)67-41-55(38-49)42-68(124-8)72(67)91)128-85(120)51(3)106(6)70(110)33-37-129-130-46-64(77(94)112)101-83(118)66-48-132-131-47-65(102-78(113)59(93)39-53-23-13-12-14-24-53)82(117)99-62(40-54-29-31-57(109)32-30-54)80(115)100-63(43-56-45-97-60-26-16-15-25-58(56)60)81(116)98-61(79(114)104-73(52(4)108)84(119)103-66)27-17-20-36-96-86(121)95-35-19-11-10-18-34-92/h12-16,21-26,28-32,41-42,45,50-52,59,61-66,69,73-76,97,108-109,123H,10-11,17-20,27,33-40,43-44,46-48,92-93H2,1-9H3,(H2,94,112)(H,98,116)(H,99,117)(H,100,115)(H,101,118)(H,102,113)(H,103,119)(H,104,114)(H,105,122)(H2,95,96,121)/b28-21+,49-22+/t50-,51+,52-,59-,61+,62+,63-,64+,65+,66+,69-,73+,74-,75?,76+,88-,89-,90-/m1/s1. The number of aliphatic hydroxyl groups excluding tert-OH is 1. The number of nitrogens with two attached hydrogens (primary N) is 3. The predicted octanol–water partition coefficient (Wildman–Crippen LogP) is 3.78. The quantitative estimate of drug-likeness (QED) is 0.0121. The number of aromatic nitrogens is 1. The van der Waals surface area contributed by atoms with E-state index in [1.807, 2.05) is 6.92 Å². The van der Waals surface area contributed by atoms with Crippen LogP contribution in [-0.4, -0.2) is 269 Å². The molecule has 132 heavy (non-hydrogen) atoms. The molecule has 42 heteroatoms.